The number of halogens is 1. The Hall–Kier alpha value is -1.38. The molecule has 1 aromatic carbocycles. The van der Waals surface area contributed by atoms with Gasteiger partial charge in [0.2, 0.25) is 0 Å². The lowest BCUT2D eigenvalue weighted by molar-refractivity contribution is 0.559. The van der Waals surface area contributed by atoms with E-state index in [1.807, 2.05) is 37.3 Å². The summed E-state index contributed by atoms with van der Waals surface area (Å²) in [5.41, 5.74) is 8.37. The molecule has 18 heavy (non-hydrogen) atoms. The first-order valence-electron chi connectivity index (χ1n) is 6.08. The summed E-state index contributed by atoms with van der Waals surface area (Å²) in [6, 6.07) is 14.2. The average molecular weight is 261 g/mol. The molecule has 0 spiro atoms. The summed E-state index contributed by atoms with van der Waals surface area (Å²) in [6.45, 7) is 2.04. The van der Waals surface area contributed by atoms with Gasteiger partial charge in [0, 0.05) is 23.9 Å². The van der Waals surface area contributed by atoms with Gasteiger partial charge in [-0.2, -0.15) is 0 Å². The fraction of sp³-hybridized carbons (Fsp3) is 0.267. The summed E-state index contributed by atoms with van der Waals surface area (Å²) in [5.74, 6) is 0.278. The van der Waals surface area contributed by atoms with E-state index in [1.165, 1.54) is 5.56 Å². The lowest BCUT2D eigenvalue weighted by Gasteiger charge is -2.21. The number of nitrogens with two attached hydrogens (primary N) is 1. The van der Waals surface area contributed by atoms with Gasteiger partial charge in [0.25, 0.3) is 0 Å². The van der Waals surface area contributed by atoms with Gasteiger partial charge >= 0.3 is 0 Å². The van der Waals surface area contributed by atoms with Gasteiger partial charge in [-0.1, -0.05) is 41.9 Å². The Labute approximate surface area is 113 Å². The van der Waals surface area contributed by atoms with E-state index < -0.39 is 0 Å². The van der Waals surface area contributed by atoms with Crippen molar-refractivity contribution in [3.05, 3.63) is 64.9 Å². The molecule has 0 aliphatic heterocycles. The molecule has 2 unspecified atom stereocenters. The van der Waals surface area contributed by atoms with Gasteiger partial charge in [-0.05, 0) is 31.0 Å². The molecule has 2 N–H and O–H groups in total. The Morgan fingerprint density at radius 3 is 2.44 bits per heavy atom. The molecule has 0 aliphatic carbocycles. The van der Waals surface area contributed by atoms with Crippen LogP contribution in [0.2, 0.25) is 5.02 Å². The van der Waals surface area contributed by atoms with E-state index in [0.717, 1.165) is 12.1 Å². The van der Waals surface area contributed by atoms with Gasteiger partial charge in [-0.3, -0.25) is 4.98 Å². The van der Waals surface area contributed by atoms with Crippen LogP contribution in [0.4, 0.5) is 0 Å². The maximum Gasteiger partial charge on any atom is 0.0589 e. The third kappa shape index (κ3) is 3.31. The Kier molecular flexibility index (Phi) is 4.34. The molecule has 1 aromatic heterocycles. The molecule has 0 saturated carbocycles. The second kappa shape index (κ2) is 5.98. The number of hydrogen-bond acceptors (Lipinski definition) is 2. The largest absolute Gasteiger partial charge is 0.327 e. The predicted molar refractivity (Wildman–Crippen MR) is 75.8 cm³/mol. The summed E-state index contributed by atoms with van der Waals surface area (Å²) in [4.78, 5) is 4.34. The highest BCUT2D eigenvalue weighted by atomic mass is 35.5. The standard InChI is InChI=1S/C15H17ClN2/c1-11(17)15(12-5-3-2-4-6-12)9-14-8-7-13(16)10-18-14/h2-8,10-11,15H,9,17H2,1H3. The lowest BCUT2D eigenvalue weighted by atomic mass is 9.88. The van der Waals surface area contributed by atoms with Crippen molar-refractivity contribution in [2.24, 2.45) is 5.73 Å². The number of hydrogen-bond donors (Lipinski definition) is 1. The highest BCUT2D eigenvalue weighted by Gasteiger charge is 2.17. The number of aromatic nitrogens is 1. The fourth-order valence-corrected chi connectivity index (χ4v) is 2.17. The maximum absolute atomic E-state index is 6.09. The Bertz CT molecular complexity index is 480. The third-order valence-corrected chi connectivity index (χ3v) is 3.30. The first-order chi connectivity index (χ1) is 8.66. The van der Waals surface area contributed by atoms with Crippen molar-refractivity contribution in [1.29, 1.82) is 0 Å². The minimum atomic E-state index is 0.0879. The second-order valence-corrected chi connectivity index (χ2v) is 4.98. The molecule has 2 aromatic rings. The van der Waals surface area contributed by atoms with E-state index in [0.29, 0.717) is 5.02 Å². The molecule has 2 atom stereocenters. The first-order valence-corrected chi connectivity index (χ1v) is 6.45. The molecule has 1 heterocycles. The van der Waals surface area contributed by atoms with Crippen LogP contribution in [0.15, 0.2) is 48.7 Å². The predicted octanol–water partition coefficient (Wildman–Crippen LogP) is 3.41. The quantitative estimate of drug-likeness (QED) is 0.915. The van der Waals surface area contributed by atoms with Gasteiger partial charge in [0.15, 0.2) is 0 Å². The molecule has 2 nitrogen and oxygen atoms in total. The van der Waals surface area contributed by atoms with Crippen molar-refractivity contribution in [3.8, 4) is 0 Å². The van der Waals surface area contributed by atoms with E-state index in [1.54, 1.807) is 6.20 Å². The van der Waals surface area contributed by atoms with Crippen molar-refractivity contribution in [3.63, 3.8) is 0 Å². The summed E-state index contributed by atoms with van der Waals surface area (Å²) in [5, 5.41) is 0.663. The van der Waals surface area contributed by atoms with E-state index in [-0.39, 0.29) is 12.0 Å². The van der Waals surface area contributed by atoms with Gasteiger partial charge in [-0.15, -0.1) is 0 Å². The number of pyridine rings is 1. The number of nitrogens with zero attached hydrogens (tertiary/aromatic N) is 1. The second-order valence-electron chi connectivity index (χ2n) is 4.55. The Morgan fingerprint density at radius 2 is 1.89 bits per heavy atom. The summed E-state index contributed by atoms with van der Waals surface area (Å²) >= 11 is 5.84. The highest BCUT2D eigenvalue weighted by Crippen LogP contribution is 2.23. The zero-order valence-electron chi connectivity index (χ0n) is 10.4. The van der Waals surface area contributed by atoms with Gasteiger partial charge < -0.3 is 5.73 Å². The summed E-state index contributed by atoms with van der Waals surface area (Å²) in [7, 11) is 0. The van der Waals surface area contributed by atoms with Crippen molar-refractivity contribution in [1.82, 2.24) is 4.98 Å². The van der Waals surface area contributed by atoms with Crippen molar-refractivity contribution >= 4 is 11.6 Å². The van der Waals surface area contributed by atoms with Crippen LogP contribution in [0.3, 0.4) is 0 Å². The van der Waals surface area contributed by atoms with Gasteiger partial charge in [0.1, 0.15) is 0 Å². The van der Waals surface area contributed by atoms with Gasteiger partial charge in [-0.25, -0.2) is 0 Å². The van der Waals surface area contributed by atoms with Crippen molar-refractivity contribution < 1.29 is 0 Å². The van der Waals surface area contributed by atoms with Crippen molar-refractivity contribution in [2.45, 2.75) is 25.3 Å². The molecule has 0 amide bonds. The third-order valence-electron chi connectivity index (χ3n) is 3.08. The molecule has 0 radical (unpaired) electrons. The fourth-order valence-electron chi connectivity index (χ4n) is 2.06. The van der Waals surface area contributed by atoms with E-state index in [4.69, 9.17) is 17.3 Å². The van der Waals surface area contributed by atoms with E-state index >= 15 is 0 Å². The summed E-state index contributed by atoms with van der Waals surface area (Å²) in [6.07, 6.45) is 2.51. The smallest absolute Gasteiger partial charge is 0.0589 e. The van der Waals surface area contributed by atoms with Gasteiger partial charge in [0.05, 0.1) is 5.02 Å². The highest BCUT2D eigenvalue weighted by molar-refractivity contribution is 6.30. The van der Waals surface area contributed by atoms with Crippen LogP contribution in [-0.4, -0.2) is 11.0 Å². The molecule has 2 rings (SSSR count). The van der Waals surface area contributed by atoms with Crippen LogP contribution in [0, 0.1) is 0 Å². The SMILES string of the molecule is CC(N)C(Cc1ccc(Cl)cn1)c1ccccc1. The summed E-state index contributed by atoms with van der Waals surface area (Å²) < 4.78 is 0. The molecule has 94 valence electrons. The molecule has 0 bridgehead atoms. The number of rotatable bonds is 4. The first kappa shape index (κ1) is 13.1. The molecule has 0 fully saturated rings. The Morgan fingerprint density at radius 1 is 1.17 bits per heavy atom. The zero-order valence-corrected chi connectivity index (χ0v) is 11.1. The average Bonchev–Trinajstić information content (AvgIpc) is 2.38. The molecular formula is C15H17ClN2. The minimum absolute atomic E-state index is 0.0879. The molecule has 3 heteroatoms. The van der Waals surface area contributed by atoms with Crippen LogP contribution in [0.5, 0.6) is 0 Å². The van der Waals surface area contributed by atoms with Crippen LogP contribution in [0.25, 0.3) is 0 Å². The maximum atomic E-state index is 6.09. The molecular weight excluding hydrogens is 244 g/mol. The lowest BCUT2D eigenvalue weighted by Crippen LogP contribution is -2.26. The van der Waals surface area contributed by atoms with Crippen LogP contribution >= 0.6 is 11.6 Å². The minimum Gasteiger partial charge on any atom is -0.327 e. The number of benzene rings is 1. The topological polar surface area (TPSA) is 38.9 Å². The van der Waals surface area contributed by atoms with E-state index in [2.05, 4.69) is 17.1 Å². The molecule has 0 saturated heterocycles. The zero-order chi connectivity index (χ0) is 13.0. The van der Waals surface area contributed by atoms with Crippen LogP contribution < -0.4 is 5.73 Å². The van der Waals surface area contributed by atoms with E-state index in [9.17, 15) is 0 Å². The molecule has 0 aliphatic rings. The van der Waals surface area contributed by atoms with Crippen molar-refractivity contribution in [2.75, 3.05) is 0 Å². The normalized spacial score (nSPS) is 14.2. The van der Waals surface area contributed by atoms with Crippen LogP contribution in [0.1, 0.15) is 24.1 Å². The monoisotopic (exact) mass is 260 g/mol. The Balaban J connectivity index is 2.19. The van der Waals surface area contributed by atoms with Crippen LogP contribution in [-0.2, 0) is 6.42 Å².